The molecule has 0 fully saturated rings. The zero-order valence-corrected chi connectivity index (χ0v) is 14.0. The van der Waals surface area contributed by atoms with Crippen molar-refractivity contribution in [2.75, 3.05) is 0 Å². The lowest BCUT2D eigenvalue weighted by Crippen LogP contribution is -2.43. The smallest absolute Gasteiger partial charge is 0.309 e. The number of carbonyl (C=O) groups is 3. The van der Waals surface area contributed by atoms with Gasteiger partial charge in [0.1, 0.15) is 10.5 Å². The lowest BCUT2D eigenvalue weighted by molar-refractivity contribution is -0.157. The van der Waals surface area contributed by atoms with Gasteiger partial charge in [-0.2, -0.15) is 0 Å². The predicted molar refractivity (Wildman–Crippen MR) is 80.2 cm³/mol. The van der Waals surface area contributed by atoms with Gasteiger partial charge in [-0.3, -0.25) is 14.4 Å². The summed E-state index contributed by atoms with van der Waals surface area (Å²) in [5.41, 5.74) is -0.598. The fourth-order valence-corrected chi connectivity index (χ4v) is 3.01. The van der Waals surface area contributed by atoms with Gasteiger partial charge in [-0.25, -0.2) is 5.01 Å². The molecule has 0 unspecified atom stereocenters. The van der Waals surface area contributed by atoms with Crippen molar-refractivity contribution in [2.45, 2.75) is 58.4 Å². The van der Waals surface area contributed by atoms with E-state index in [1.807, 2.05) is 0 Å². The summed E-state index contributed by atoms with van der Waals surface area (Å²) >= 11 is 1.15. The van der Waals surface area contributed by atoms with Crippen LogP contribution in [0.5, 0.6) is 0 Å². The fraction of sp³-hybridized carbons (Fsp3) is 0.692. The zero-order chi connectivity index (χ0) is 16.4. The molecule has 0 bridgehead atoms. The van der Waals surface area contributed by atoms with E-state index in [1.165, 1.54) is 18.9 Å². The molecule has 0 aliphatic carbocycles. The fourth-order valence-electron chi connectivity index (χ4n) is 1.83. The summed E-state index contributed by atoms with van der Waals surface area (Å²) in [7, 11) is 0. The SMILES string of the molecule is CC(=O)NC1=NN(C(C)=O)[C@@](C)(CC(=O)OC(C)(C)C)S1. The van der Waals surface area contributed by atoms with Crippen LogP contribution in [-0.2, 0) is 19.1 Å². The lowest BCUT2D eigenvalue weighted by atomic mass is 10.1. The molecule has 21 heavy (non-hydrogen) atoms. The lowest BCUT2D eigenvalue weighted by Gasteiger charge is -2.31. The van der Waals surface area contributed by atoms with E-state index in [0.717, 1.165) is 11.8 Å². The number of hydrogen-bond acceptors (Lipinski definition) is 6. The Morgan fingerprint density at radius 3 is 2.33 bits per heavy atom. The minimum atomic E-state index is -0.911. The Balaban J connectivity index is 2.86. The quantitative estimate of drug-likeness (QED) is 0.779. The number of ether oxygens (including phenoxy) is 1. The van der Waals surface area contributed by atoms with E-state index in [0.29, 0.717) is 5.17 Å². The summed E-state index contributed by atoms with van der Waals surface area (Å²) in [4.78, 5) is 33.9. The van der Waals surface area contributed by atoms with E-state index in [-0.39, 0.29) is 18.2 Å². The summed E-state index contributed by atoms with van der Waals surface area (Å²) in [5, 5.41) is 8.08. The first kappa shape index (κ1) is 17.5. The van der Waals surface area contributed by atoms with Crippen molar-refractivity contribution in [3.63, 3.8) is 0 Å². The number of nitrogens with one attached hydrogen (secondary N) is 1. The van der Waals surface area contributed by atoms with Gasteiger partial charge >= 0.3 is 5.97 Å². The molecule has 0 aromatic rings. The Hall–Kier alpha value is -1.57. The second-order valence-electron chi connectivity index (χ2n) is 5.96. The van der Waals surface area contributed by atoms with Gasteiger partial charge in [-0.1, -0.05) is 11.8 Å². The van der Waals surface area contributed by atoms with Crippen LogP contribution in [0.4, 0.5) is 0 Å². The molecule has 0 spiro atoms. The zero-order valence-electron chi connectivity index (χ0n) is 13.1. The monoisotopic (exact) mass is 315 g/mol. The third kappa shape index (κ3) is 5.04. The maximum atomic E-state index is 12.0. The second kappa shape index (κ2) is 6.05. The summed E-state index contributed by atoms with van der Waals surface area (Å²) in [5.74, 6) is -1.02. The molecule has 0 aromatic carbocycles. The van der Waals surface area contributed by atoms with E-state index in [9.17, 15) is 14.4 Å². The highest BCUT2D eigenvalue weighted by Crippen LogP contribution is 2.39. The Morgan fingerprint density at radius 1 is 1.33 bits per heavy atom. The van der Waals surface area contributed by atoms with E-state index in [1.54, 1.807) is 27.7 Å². The molecule has 8 heteroatoms. The first-order valence-electron chi connectivity index (χ1n) is 6.51. The maximum Gasteiger partial charge on any atom is 0.309 e. The first-order valence-corrected chi connectivity index (χ1v) is 7.32. The third-order valence-electron chi connectivity index (χ3n) is 2.43. The number of nitrogens with zero attached hydrogens (tertiary/aromatic N) is 2. The predicted octanol–water partition coefficient (Wildman–Crippen LogP) is 1.44. The van der Waals surface area contributed by atoms with Crippen LogP contribution in [-0.4, -0.2) is 38.4 Å². The number of thioether (sulfide) groups is 1. The first-order chi connectivity index (χ1) is 9.43. The van der Waals surface area contributed by atoms with Crippen LogP contribution in [0.3, 0.4) is 0 Å². The molecule has 0 saturated carbocycles. The van der Waals surface area contributed by atoms with Gasteiger partial charge in [0.05, 0.1) is 6.42 Å². The van der Waals surface area contributed by atoms with Crippen molar-refractivity contribution in [1.29, 1.82) is 0 Å². The molecule has 1 aliphatic rings. The highest BCUT2D eigenvalue weighted by Gasteiger charge is 2.44. The van der Waals surface area contributed by atoms with Gasteiger partial charge < -0.3 is 10.1 Å². The van der Waals surface area contributed by atoms with Crippen LogP contribution in [0.1, 0.15) is 48.0 Å². The van der Waals surface area contributed by atoms with Gasteiger partial charge in [0.15, 0.2) is 5.17 Å². The van der Waals surface area contributed by atoms with Crippen LogP contribution < -0.4 is 5.32 Å². The third-order valence-corrected chi connectivity index (χ3v) is 3.56. The molecule has 1 rings (SSSR count). The van der Waals surface area contributed by atoms with Crippen molar-refractivity contribution in [3.8, 4) is 0 Å². The summed E-state index contributed by atoms with van der Waals surface area (Å²) in [6.45, 7) is 9.74. The topological polar surface area (TPSA) is 88.1 Å². The van der Waals surface area contributed by atoms with Gasteiger partial charge in [-0.15, -0.1) is 5.10 Å². The molecule has 7 nitrogen and oxygen atoms in total. The van der Waals surface area contributed by atoms with Crippen LogP contribution >= 0.6 is 11.8 Å². The van der Waals surface area contributed by atoms with Gasteiger partial charge in [-0.05, 0) is 27.7 Å². The summed E-state index contributed by atoms with van der Waals surface area (Å²) in [6.07, 6.45) is -0.0267. The largest absolute Gasteiger partial charge is 0.460 e. The van der Waals surface area contributed by atoms with Crippen molar-refractivity contribution in [3.05, 3.63) is 0 Å². The molecule has 1 atom stereocenters. The van der Waals surface area contributed by atoms with Gasteiger partial charge in [0, 0.05) is 13.8 Å². The molecular weight excluding hydrogens is 294 g/mol. The molecule has 118 valence electrons. The van der Waals surface area contributed by atoms with Crippen molar-refractivity contribution < 1.29 is 19.1 Å². The molecule has 0 saturated heterocycles. The molecule has 0 radical (unpaired) electrons. The number of amides is 2. The average molecular weight is 315 g/mol. The van der Waals surface area contributed by atoms with Crippen LogP contribution in [0.25, 0.3) is 0 Å². The Kier molecular flexibility index (Phi) is 5.03. The molecule has 0 aromatic heterocycles. The molecule has 1 heterocycles. The highest BCUT2D eigenvalue weighted by molar-refractivity contribution is 8.15. The number of carbonyl (C=O) groups excluding carboxylic acids is 3. The van der Waals surface area contributed by atoms with E-state index in [2.05, 4.69) is 10.4 Å². The number of hydrazone groups is 1. The van der Waals surface area contributed by atoms with Gasteiger partial charge in [0.25, 0.3) is 0 Å². The van der Waals surface area contributed by atoms with Crippen molar-refractivity contribution in [1.82, 2.24) is 10.3 Å². The highest BCUT2D eigenvalue weighted by atomic mass is 32.2. The van der Waals surface area contributed by atoms with Crippen LogP contribution in [0, 0.1) is 0 Å². The maximum absolute atomic E-state index is 12.0. The minimum Gasteiger partial charge on any atom is -0.460 e. The molecular formula is C13H21N3O4S. The summed E-state index contributed by atoms with van der Waals surface area (Å²) < 4.78 is 5.28. The van der Waals surface area contributed by atoms with E-state index in [4.69, 9.17) is 4.74 Å². The number of esters is 1. The number of amidine groups is 1. The van der Waals surface area contributed by atoms with Crippen LogP contribution in [0.2, 0.25) is 0 Å². The Morgan fingerprint density at radius 2 is 1.90 bits per heavy atom. The Labute approximate surface area is 128 Å². The Bertz CT molecular complexity index is 498. The molecule has 1 aliphatic heterocycles. The van der Waals surface area contributed by atoms with Crippen molar-refractivity contribution in [2.24, 2.45) is 5.10 Å². The van der Waals surface area contributed by atoms with E-state index >= 15 is 0 Å². The molecule has 1 N–H and O–H groups in total. The van der Waals surface area contributed by atoms with Crippen LogP contribution in [0.15, 0.2) is 5.10 Å². The van der Waals surface area contributed by atoms with Gasteiger partial charge in [0.2, 0.25) is 11.8 Å². The van der Waals surface area contributed by atoms with E-state index < -0.39 is 16.4 Å². The summed E-state index contributed by atoms with van der Waals surface area (Å²) in [6, 6.07) is 0. The number of hydrogen-bond donors (Lipinski definition) is 1. The average Bonchev–Trinajstić information content (AvgIpc) is 2.50. The molecule has 2 amide bonds. The van der Waals surface area contributed by atoms with Crippen molar-refractivity contribution >= 4 is 34.7 Å². The number of rotatable bonds is 2. The standard InChI is InChI=1S/C13H21N3O4S/c1-8(17)14-11-15-16(9(2)18)13(6,21-11)7-10(19)20-12(3,4)5/h7H2,1-6H3,(H,14,15,17)/t13-/m1/s1. The normalized spacial score (nSPS) is 21.8. The minimum absolute atomic E-state index is 0.0267. The second-order valence-corrected chi connectivity index (χ2v) is 7.43.